The third-order valence-corrected chi connectivity index (χ3v) is 7.12. The first kappa shape index (κ1) is 28.2. The Kier molecular flexibility index (Phi) is 8.00. The van der Waals surface area contributed by atoms with E-state index >= 15 is 0 Å². The van der Waals surface area contributed by atoms with E-state index in [9.17, 15) is 14.7 Å². The molecule has 0 spiro atoms. The van der Waals surface area contributed by atoms with Crippen LogP contribution in [-0.2, 0) is 9.53 Å². The first-order chi connectivity index (χ1) is 19.7. The van der Waals surface area contributed by atoms with Crippen molar-refractivity contribution >= 4 is 40.5 Å². The smallest absolute Gasteiger partial charge is 0.388 e. The molecule has 11 heteroatoms. The van der Waals surface area contributed by atoms with Gasteiger partial charge in [0.15, 0.2) is 17.4 Å². The number of fused-ring (bicyclic) bond motifs is 1. The zero-order chi connectivity index (χ0) is 29.3. The summed E-state index contributed by atoms with van der Waals surface area (Å²) in [6, 6.07) is 18.1. The molecule has 4 aromatic rings. The Morgan fingerprint density at radius 3 is 2.15 bits per heavy atom. The van der Waals surface area contributed by atoms with Gasteiger partial charge < -0.3 is 14.6 Å². The maximum Gasteiger partial charge on any atom is 0.425 e. The Morgan fingerprint density at radius 1 is 1.00 bits per heavy atom. The number of aliphatic hydroxyl groups excluding tert-OH is 1. The molecule has 1 aliphatic heterocycles. The van der Waals surface area contributed by atoms with Crippen LogP contribution in [0.3, 0.4) is 0 Å². The van der Waals surface area contributed by atoms with Crippen molar-refractivity contribution in [1.29, 1.82) is 0 Å². The van der Waals surface area contributed by atoms with Gasteiger partial charge in [0.05, 0.1) is 23.8 Å². The second-order valence-corrected chi connectivity index (χ2v) is 10.8. The topological polar surface area (TPSA) is 132 Å². The molecular weight excluding hydrogens is 524 g/mol. The molecule has 0 radical (unpaired) electrons. The van der Waals surface area contributed by atoms with Gasteiger partial charge in [-0.3, -0.25) is 14.7 Å². The minimum Gasteiger partial charge on any atom is -0.388 e. The number of hydrogen-bond acceptors (Lipinski definition) is 8. The Morgan fingerprint density at radius 2 is 1.61 bits per heavy atom. The zero-order valence-electron chi connectivity index (χ0n) is 23.6. The van der Waals surface area contributed by atoms with E-state index in [-0.39, 0.29) is 52.8 Å². The predicted octanol–water partition coefficient (Wildman–Crippen LogP) is 5.31. The molecule has 214 valence electrons. The van der Waals surface area contributed by atoms with Crippen molar-refractivity contribution in [3.63, 3.8) is 0 Å². The van der Waals surface area contributed by atoms with E-state index < -0.39 is 18.4 Å². The minimum absolute atomic E-state index is 0.0623. The average Bonchev–Trinajstić information content (AvgIpc) is 3.50. The monoisotopic (exact) mass is 558 g/mol. The Labute approximate surface area is 238 Å². The van der Waals surface area contributed by atoms with E-state index in [1.54, 1.807) is 42.7 Å². The summed E-state index contributed by atoms with van der Waals surface area (Å²) >= 11 is 0. The molecule has 2 amide bonds. The molecule has 1 unspecified atom stereocenters. The molecular formula is C30H34N6O5. The molecule has 2 aromatic carbocycles. The Bertz CT molecular complexity index is 1490. The maximum atomic E-state index is 13.7. The summed E-state index contributed by atoms with van der Waals surface area (Å²) in [5, 5.41) is 13.7. The van der Waals surface area contributed by atoms with Crippen LogP contribution < -0.4 is 15.0 Å². The SMILES string of the molecule is CC(C)C(=O)Nc1nc(OC(=O)N(c2ccccc2)c2ccccc2)c2ncn([C@@H]3O[C@H](C(C)C)[C@H](C)C3O)c2n1. The van der Waals surface area contributed by atoms with Crippen LogP contribution in [0.2, 0.25) is 0 Å². The zero-order valence-corrected chi connectivity index (χ0v) is 23.6. The van der Waals surface area contributed by atoms with Crippen molar-refractivity contribution in [1.82, 2.24) is 19.5 Å². The summed E-state index contributed by atoms with van der Waals surface area (Å²) in [7, 11) is 0. The highest BCUT2D eigenvalue weighted by atomic mass is 16.6. The van der Waals surface area contributed by atoms with Crippen molar-refractivity contribution < 1.29 is 24.2 Å². The first-order valence-electron chi connectivity index (χ1n) is 13.7. The van der Waals surface area contributed by atoms with Crippen LogP contribution in [0, 0.1) is 17.8 Å². The molecule has 2 N–H and O–H groups in total. The summed E-state index contributed by atoms with van der Waals surface area (Å²) in [5.41, 5.74) is 1.60. The number of para-hydroxylation sites is 2. The normalized spacial score (nSPS) is 20.5. The van der Waals surface area contributed by atoms with E-state index in [0.29, 0.717) is 11.4 Å². The summed E-state index contributed by atoms with van der Waals surface area (Å²) in [6.07, 6.45) is -1.05. The minimum atomic E-state index is -0.832. The Balaban J connectivity index is 1.57. The molecule has 1 aliphatic rings. The van der Waals surface area contributed by atoms with Crippen molar-refractivity contribution in [3.05, 3.63) is 67.0 Å². The maximum absolute atomic E-state index is 13.7. The standard InChI is InChI=1S/C30H34N6O5/c1-17(2)24-19(5)23(37)28(40-24)35-16-31-22-25(35)32-29(33-26(38)18(3)4)34-27(22)41-30(39)36(20-12-8-6-9-13-20)21-14-10-7-11-15-21/h6-19,23-24,28,37H,1-5H3,(H,32,33,34,38)/t19-,23?,24-,28-/m1/s1. The number of imidazole rings is 1. The second kappa shape index (κ2) is 11.6. The first-order valence-corrected chi connectivity index (χ1v) is 13.7. The number of carbonyl (C=O) groups excluding carboxylic acids is 2. The van der Waals surface area contributed by atoms with Gasteiger partial charge in [0, 0.05) is 11.8 Å². The van der Waals surface area contributed by atoms with E-state index in [1.807, 2.05) is 57.2 Å². The van der Waals surface area contributed by atoms with Crippen LogP contribution in [0.5, 0.6) is 5.88 Å². The third-order valence-electron chi connectivity index (χ3n) is 7.12. The number of carbonyl (C=O) groups is 2. The van der Waals surface area contributed by atoms with Gasteiger partial charge in [0.2, 0.25) is 11.9 Å². The molecule has 11 nitrogen and oxygen atoms in total. The van der Waals surface area contributed by atoms with Gasteiger partial charge in [0.1, 0.15) is 6.10 Å². The number of nitrogens with one attached hydrogen (secondary N) is 1. The molecule has 5 rings (SSSR count). The quantitative estimate of drug-likeness (QED) is 0.312. The number of aromatic nitrogens is 4. The van der Waals surface area contributed by atoms with Crippen molar-refractivity contribution in [2.45, 2.75) is 53.1 Å². The number of nitrogens with zero attached hydrogens (tertiary/aromatic N) is 5. The second-order valence-electron chi connectivity index (χ2n) is 10.8. The summed E-state index contributed by atoms with van der Waals surface area (Å²) in [4.78, 5) is 41.0. The molecule has 0 saturated carbocycles. The summed E-state index contributed by atoms with van der Waals surface area (Å²) < 4.78 is 13.7. The molecule has 0 bridgehead atoms. The highest BCUT2D eigenvalue weighted by Gasteiger charge is 2.44. The number of anilines is 3. The van der Waals surface area contributed by atoms with Crippen LogP contribution >= 0.6 is 0 Å². The van der Waals surface area contributed by atoms with Gasteiger partial charge in [-0.15, -0.1) is 0 Å². The molecule has 41 heavy (non-hydrogen) atoms. The molecule has 4 atom stereocenters. The van der Waals surface area contributed by atoms with E-state index in [1.165, 1.54) is 11.2 Å². The van der Waals surface area contributed by atoms with Crippen molar-refractivity contribution in [3.8, 4) is 5.88 Å². The number of hydrogen-bond donors (Lipinski definition) is 2. The average molecular weight is 559 g/mol. The largest absolute Gasteiger partial charge is 0.425 e. The number of rotatable bonds is 7. The van der Waals surface area contributed by atoms with Gasteiger partial charge >= 0.3 is 6.09 Å². The van der Waals surface area contributed by atoms with Crippen LogP contribution in [-0.4, -0.2) is 48.8 Å². The van der Waals surface area contributed by atoms with Gasteiger partial charge in [-0.25, -0.2) is 14.7 Å². The van der Waals surface area contributed by atoms with E-state index in [0.717, 1.165) is 0 Å². The van der Waals surface area contributed by atoms with Crippen molar-refractivity contribution in [2.75, 3.05) is 10.2 Å². The fourth-order valence-corrected chi connectivity index (χ4v) is 4.91. The fourth-order valence-electron chi connectivity index (χ4n) is 4.91. The van der Waals surface area contributed by atoms with Crippen LogP contribution in [0.15, 0.2) is 67.0 Å². The number of ether oxygens (including phenoxy) is 2. The van der Waals surface area contributed by atoms with Crippen LogP contribution in [0.25, 0.3) is 11.2 Å². The lowest BCUT2D eigenvalue weighted by Gasteiger charge is -2.22. The lowest BCUT2D eigenvalue weighted by molar-refractivity contribution is -0.118. The molecule has 1 fully saturated rings. The highest BCUT2D eigenvalue weighted by Crippen LogP contribution is 2.39. The number of amides is 2. The van der Waals surface area contributed by atoms with Gasteiger partial charge in [-0.1, -0.05) is 71.0 Å². The van der Waals surface area contributed by atoms with E-state index in [2.05, 4.69) is 20.3 Å². The lowest BCUT2D eigenvalue weighted by atomic mass is 9.93. The predicted molar refractivity (Wildman–Crippen MR) is 154 cm³/mol. The van der Waals surface area contributed by atoms with Gasteiger partial charge in [0.25, 0.3) is 5.88 Å². The van der Waals surface area contributed by atoms with Crippen LogP contribution in [0.1, 0.15) is 40.8 Å². The summed E-state index contributed by atoms with van der Waals surface area (Å²) in [5.74, 6) is -0.822. The van der Waals surface area contributed by atoms with Gasteiger partial charge in [-0.2, -0.15) is 9.97 Å². The van der Waals surface area contributed by atoms with E-state index in [4.69, 9.17) is 9.47 Å². The highest BCUT2D eigenvalue weighted by molar-refractivity contribution is 5.98. The summed E-state index contributed by atoms with van der Waals surface area (Å²) in [6.45, 7) is 9.49. The van der Waals surface area contributed by atoms with Crippen LogP contribution in [0.4, 0.5) is 22.1 Å². The molecule has 2 aromatic heterocycles. The molecule has 1 saturated heterocycles. The number of benzene rings is 2. The van der Waals surface area contributed by atoms with Crippen molar-refractivity contribution in [2.24, 2.45) is 17.8 Å². The molecule has 3 heterocycles. The lowest BCUT2D eigenvalue weighted by Crippen LogP contribution is -2.29. The fraction of sp³-hybridized carbons (Fsp3) is 0.367. The van der Waals surface area contributed by atoms with Gasteiger partial charge in [-0.05, 0) is 30.2 Å². The molecule has 0 aliphatic carbocycles. The Hall–Kier alpha value is -4.35. The number of aliphatic hydroxyl groups is 1. The third kappa shape index (κ3) is 5.63.